The molecule has 1 N–H and O–H groups in total. The van der Waals surface area contributed by atoms with Crippen molar-refractivity contribution in [3.63, 3.8) is 0 Å². The Morgan fingerprint density at radius 2 is 1.91 bits per heavy atom. The largest absolute Gasteiger partial charge is 0.343 e. The van der Waals surface area contributed by atoms with Gasteiger partial charge in [-0.05, 0) is 24.6 Å². The van der Waals surface area contributed by atoms with E-state index in [2.05, 4.69) is 10.3 Å². The third kappa shape index (κ3) is 4.41. The monoisotopic (exact) mass is 297 g/mol. The van der Waals surface area contributed by atoms with Gasteiger partial charge in [0.2, 0.25) is 5.91 Å². The van der Waals surface area contributed by atoms with Gasteiger partial charge < -0.3 is 10.2 Å². The molecule has 0 aliphatic heterocycles. The van der Waals surface area contributed by atoms with E-state index in [4.69, 9.17) is 0 Å². The second-order valence-electron chi connectivity index (χ2n) is 4.82. The molecule has 1 heterocycles. The molecule has 22 heavy (non-hydrogen) atoms. The minimum absolute atomic E-state index is 0.0194. The van der Waals surface area contributed by atoms with Gasteiger partial charge in [-0.1, -0.05) is 30.3 Å². The first-order valence-corrected chi connectivity index (χ1v) is 7.20. The maximum Gasteiger partial charge on any atom is 0.253 e. The maximum atomic E-state index is 12.2. The zero-order valence-electron chi connectivity index (χ0n) is 12.5. The molecule has 0 bridgehead atoms. The highest BCUT2D eigenvalue weighted by molar-refractivity contribution is 5.96. The average Bonchev–Trinajstić information content (AvgIpc) is 2.59. The van der Waals surface area contributed by atoms with Gasteiger partial charge in [0, 0.05) is 25.5 Å². The van der Waals surface area contributed by atoms with Crippen molar-refractivity contribution >= 4 is 11.8 Å². The molecular weight excluding hydrogens is 278 g/mol. The zero-order valence-corrected chi connectivity index (χ0v) is 12.5. The van der Waals surface area contributed by atoms with Crippen LogP contribution in [-0.4, -0.2) is 34.8 Å². The lowest BCUT2D eigenvalue weighted by Gasteiger charge is -2.21. The molecule has 2 rings (SSSR count). The fraction of sp³-hybridized carbons (Fsp3) is 0.235. The molecule has 0 aliphatic carbocycles. The van der Waals surface area contributed by atoms with E-state index >= 15 is 0 Å². The number of pyridine rings is 1. The molecule has 0 unspecified atom stereocenters. The highest BCUT2D eigenvalue weighted by Gasteiger charge is 2.14. The van der Waals surface area contributed by atoms with Gasteiger partial charge >= 0.3 is 0 Å². The molecule has 5 heteroatoms. The Hall–Kier alpha value is -2.69. The van der Waals surface area contributed by atoms with Crippen molar-refractivity contribution in [2.24, 2.45) is 0 Å². The SMILES string of the molecule is CCN(Cc1ccccc1)C(=O)CNC(=O)c1cccnc1. The van der Waals surface area contributed by atoms with Crippen LogP contribution < -0.4 is 5.32 Å². The van der Waals surface area contributed by atoms with Gasteiger partial charge in [0.1, 0.15) is 0 Å². The van der Waals surface area contributed by atoms with Crippen molar-refractivity contribution in [2.75, 3.05) is 13.1 Å². The van der Waals surface area contributed by atoms with E-state index in [0.29, 0.717) is 18.7 Å². The first kappa shape index (κ1) is 15.7. The number of likely N-dealkylation sites (N-methyl/N-ethyl adjacent to an activating group) is 1. The summed E-state index contributed by atoms with van der Waals surface area (Å²) in [4.78, 5) is 29.7. The molecule has 0 fully saturated rings. The summed E-state index contributed by atoms with van der Waals surface area (Å²) in [5, 5.41) is 2.63. The summed E-state index contributed by atoms with van der Waals surface area (Å²) in [7, 11) is 0. The number of carbonyl (C=O) groups excluding carboxylic acids is 2. The molecule has 0 radical (unpaired) electrons. The van der Waals surface area contributed by atoms with E-state index in [9.17, 15) is 9.59 Å². The molecule has 1 aromatic carbocycles. The molecule has 2 amide bonds. The fourth-order valence-corrected chi connectivity index (χ4v) is 2.05. The standard InChI is InChI=1S/C17H19N3O2/c1-2-20(13-14-7-4-3-5-8-14)16(21)12-19-17(22)15-9-6-10-18-11-15/h3-11H,2,12-13H2,1H3,(H,19,22). The summed E-state index contributed by atoms with van der Waals surface area (Å²) in [5.74, 6) is -0.402. The summed E-state index contributed by atoms with van der Waals surface area (Å²) in [5.41, 5.74) is 1.51. The number of benzene rings is 1. The number of carbonyl (C=O) groups is 2. The first-order chi connectivity index (χ1) is 10.7. The molecular formula is C17H19N3O2. The van der Waals surface area contributed by atoms with Gasteiger partial charge in [0.15, 0.2) is 0 Å². The van der Waals surface area contributed by atoms with Gasteiger partial charge in [-0.25, -0.2) is 0 Å². The van der Waals surface area contributed by atoms with Gasteiger partial charge in [-0.3, -0.25) is 14.6 Å². The Labute approximate surface area is 130 Å². The molecule has 0 saturated carbocycles. The Balaban J connectivity index is 1.88. The summed E-state index contributed by atoms with van der Waals surface area (Å²) in [6.07, 6.45) is 3.07. The smallest absolute Gasteiger partial charge is 0.253 e. The van der Waals surface area contributed by atoms with Crippen molar-refractivity contribution < 1.29 is 9.59 Å². The molecule has 0 saturated heterocycles. The quantitative estimate of drug-likeness (QED) is 0.885. The van der Waals surface area contributed by atoms with Gasteiger partial charge in [-0.2, -0.15) is 0 Å². The lowest BCUT2D eigenvalue weighted by molar-refractivity contribution is -0.130. The highest BCUT2D eigenvalue weighted by atomic mass is 16.2. The van der Waals surface area contributed by atoms with Crippen LogP contribution in [0.1, 0.15) is 22.8 Å². The summed E-state index contributed by atoms with van der Waals surface area (Å²) in [6, 6.07) is 13.1. The van der Waals surface area contributed by atoms with E-state index in [0.717, 1.165) is 5.56 Å². The van der Waals surface area contributed by atoms with Crippen molar-refractivity contribution in [3.05, 3.63) is 66.0 Å². The molecule has 1 aromatic heterocycles. The van der Waals surface area contributed by atoms with Crippen LogP contribution in [0.25, 0.3) is 0 Å². The van der Waals surface area contributed by atoms with Crippen LogP contribution in [0.15, 0.2) is 54.9 Å². The zero-order chi connectivity index (χ0) is 15.8. The molecule has 0 atom stereocenters. The Morgan fingerprint density at radius 3 is 2.55 bits per heavy atom. The van der Waals surface area contributed by atoms with Crippen molar-refractivity contribution in [2.45, 2.75) is 13.5 Å². The maximum absolute atomic E-state index is 12.2. The predicted octanol–water partition coefficient (Wildman–Crippen LogP) is 1.86. The van der Waals surface area contributed by atoms with Crippen molar-refractivity contribution in [1.29, 1.82) is 0 Å². The van der Waals surface area contributed by atoms with E-state index in [1.165, 1.54) is 6.20 Å². The summed E-state index contributed by atoms with van der Waals surface area (Å²) >= 11 is 0. The second-order valence-corrected chi connectivity index (χ2v) is 4.82. The number of hydrogen-bond donors (Lipinski definition) is 1. The molecule has 2 aromatic rings. The number of nitrogens with one attached hydrogen (secondary N) is 1. The van der Waals surface area contributed by atoms with Crippen LogP contribution >= 0.6 is 0 Å². The van der Waals surface area contributed by atoms with Gasteiger partial charge in [-0.15, -0.1) is 0 Å². The van der Waals surface area contributed by atoms with Crippen LogP contribution in [0.5, 0.6) is 0 Å². The number of amides is 2. The number of aromatic nitrogens is 1. The normalized spacial score (nSPS) is 10.0. The predicted molar refractivity (Wildman–Crippen MR) is 84.1 cm³/mol. The van der Waals surface area contributed by atoms with Crippen molar-refractivity contribution in [1.82, 2.24) is 15.2 Å². The topological polar surface area (TPSA) is 62.3 Å². The number of nitrogens with zero attached hydrogens (tertiary/aromatic N) is 2. The summed E-state index contributed by atoms with van der Waals surface area (Å²) in [6.45, 7) is 3.04. The average molecular weight is 297 g/mol. The first-order valence-electron chi connectivity index (χ1n) is 7.20. The van der Waals surface area contributed by atoms with E-state index in [-0.39, 0.29) is 18.4 Å². The van der Waals surface area contributed by atoms with Gasteiger partial charge in [0.25, 0.3) is 5.91 Å². The van der Waals surface area contributed by atoms with E-state index < -0.39 is 0 Å². The van der Waals surface area contributed by atoms with Gasteiger partial charge in [0.05, 0.1) is 12.1 Å². The van der Waals surface area contributed by atoms with Crippen LogP contribution in [0.2, 0.25) is 0 Å². The fourth-order valence-electron chi connectivity index (χ4n) is 2.05. The van der Waals surface area contributed by atoms with Crippen molar-refractivity contribution in [3.8, 4) is 0 Å². The molecule has 114 valence electrons. The van der Waals surface area contributed by atoms with Crippen LogP contribution in [0.4, 0.5) is 0 Å². The highest BCUT2D eigenvalue weighted by Crippen LogP contribution is 2.04. The lowest BCUT2D eigenvalue weighted by Crippen LogP contribution is -2.39. The molecule has 5 nitrogen and oxygen atoms in total. The molecule has 0 spiro atoms. The number of rotatable bonds is 6. The molecule has 0 aliphatic rings. The third-order valence-electron chi connectivity index (χ3n) is 3.27. The van der Waals surface area contributed by atoms with E-state index in [1.54, 1.807) is 23.2 Å². The minimum atomic E-state index is -0.294. The second kappa shape index (κ2) is 7.93. The Kier molecular flexibility index (Phi) is 5.65. The summed E-state index contributed by atoms with van der Waals surface area (Å²) < 4.78 is 0. The minimum Gasteiger partial charge on any atom is -0.343 e. The Bertz CT molecular complexity index is 614. The van der Waals surface area contributed by atoms with E-state index in [1.807, 2.05) is 37.3 Å². The Morgan fingerprint density at radius 1 is 1.14 bits per heavy atom. The van der Waals surface area contributed by atoms with Crippen LogP contribution in [-0.2, 0) is 11.3 Å². The number of hydrogen-bond acceptors (Lipinski definition) is 3. The lowest BCUT2D eigenvalue weighted by atomic mass is 10.2. The van der Waals surface area contributed by atoms with Crippen LogP contribution in [0, 0.1) is 0 Å². The third-order valence-corrected chi connectivity index (χ3v) is 3.27. The van der Waals surface area contributed by atoms with Crippen LogP contribution in [0.3, 0.4) is 0 Å².